The molecule has 1 N–H and O–H groups in total. The van der Waals surface area contributed by atoms with Crippen LogP contribution < -0.4 is 4.90 Å². The summed E-state index contributed by atoms with van der Waals surface area (Å²) in [4.78, 5) is 1.61. The van der Waals surface area contributed by atoms with E-state index in [1.54, 1.807) is 4.90 Å². The molecule has 6 rings (SSSR count). The maximum Gasteiger partial charge on any atom is 0.139 e. The predicted octanol–water partition coefficient (Wildman–Crippen LogP) is 4.41. The summed E-state index contributed by atoms with van der Waals surface area (Å²) >= 11 is 0. The van der Waals surface area contributed by atoms with Crippen molar-refractivity contribution >= 4 is 5.71 Å². The third-order valence-electron chi connectivity index (χ3n) is 6.95. The van der Waals surface area contributed by atoms with Crippen LogP contribution in [0.1, 0.15) is 28.3 Å². The number of benzene rings is 4. The summed E-state index contributed by atoms with van der Waals surface area (Å²) in [5.74, 6) is 0. The second-order valence-corrected chi connectivity index (χ2v) is 8.91. The molecule has 0 saturated carbocycles. The van der Waals surface area contributed by atoms with Gasteiger partial charge in [0.2, 0.25) is 0 Å². The van der Waals surface area contributed by atoms with Crippen LogP contribution in [0.4, 0.5) is 0 Å². The van der Waals surface area contributed by atoms with E-state index in [1.807, 2.05) is 0 Å². The fourth-order valence-corrected chi connectivity index (χ4v) is 5.37. The van der Waals surface area contributed by atoms with Crippen molar-refractivity contribution in [3.63, 3.8) is 0 Å². The molecule has 1 aliphatic heterocycles. The maximum absolute atomic E-state index is 5.19. The summed E-state index contributed by atoms with van der Waals surface area (Å²) in [6, 6.07) is 39.6. The van der Waals surface area contributed by atoms with Gasteiger partial charge in [-0.1, -0.05) is 109 Å². The van der Waals surface area contributed by atoms with Gasteiger partial charge in [-0.15, -0.1) is 0 Å². The number of fused-ring (bicyclic) bond motifs is 3. The van der Waals surface area contributed by atoms with Gasteiger partial charge in [0.05, 0.1) is 31.9 Å². The van der Waals surface area contributed by atoms with Crippen molar-refractivity contribution in [3.8, 4) is 11.1 Å². The number of quaternary nitrogens is 1. The van der Waals surface area contributed by atoms with E-state index < -0.39 is 0 Å². The van der Waals surface area contributed by atoms with Crippen molar-refractivity contribution in [1.29, 1.82) is 0 Å². The van der Waals surface area contributed by atoms with E-state index in [4.69, 9.17) is 5.10 Å². The van der Waals surface area contributed by atoms with E-state index in [2.05, 4.69) is 114 Å². The summed E-state index contributed by atoms with van der Waals surface area (Å²) in [5.41, 5.74) is 8.98. The van der Waals surface area contributed by atoms with Gasteiger partial charge in [-0.2, -0.15) is 5.10 Å². The lowest BCUT2D eigenvalue weighted by Crippen LogP contribution is -3.15. The third kappa shape index (κ3) is 3.75. The van der Waals surface area contributed by atoms with E-state index in [0.717, 1.165) is 31.9 Å². The molecule has 162 valence electrons. The van der Waals surface area contributed by atoms with Crippen molar-refractivity contribution in [3.05, 3.63) is 131 Å². The molecule has 0 bridgehead atoms. The average Bonchev–Trinajstić information content (AvgIpc) is 3.20. The Labute approximate surface area is 195 Å². The number of piperazine rings is 1. The van der Waals surface area contributed by atoms with Crippen molar-refractivity contribution in [2.24, 2.45) is 5.10 Å². The summed E-state index contributed by atoms with van der Waals surface area (Å²) in [6.45, 7) is 4.04. The Hall–Kier alpha value is -3.69. The second-order valence-electron chi connectivity index (χ2n) is 8.91. The molecule has 0 amide bonds. The molecule has 1 fully saturated rings. The highest BCUT2D eigenvalue weighted by Crippen LogP contribution is 2.36. The molecule has 4 aromatic carbocycles. The molecule has 1 heterocycles. The molecule has 4 aromatic rings. The van der Waals surface area contributed by atoms with Crippen LogP contribution in [0, 0.1) is 0 Å². The number of nitrogens with zero attached hydrogens (tertiary/aromatic N) is 2. The lowest BCUT2D eigenvalue weighted by Gasteiger charge is -2.36. The molecule has 1 aliphatic carbocycles. The predicted molar refractivity (Wildman–Crippen MR) is 135 cm³/mol. The van der Waals surface area contributed by atoms with Crippen LogP contribution in [0.15, 0.2) is 114 Å². The van der Waals surface area contributed by atoms with Crippen molar-refractivity contribution < 1.29 is 4.90 Å². The summed E-state index contributed by atoms with van der Waals surface area (Å²) in [7, 11) is 0. The summed E-state index contributed by atoms with van der Waals surface area (Å²) in [6.07, 6.45) is 0. The number of hydrogen-bond donors (Lipinski definition) is 1. The van der Waals surface area contributed by atoms with E-state index in [1.165, 1.54) is 33.4 Å². The largest absolute Gasteiger partial charge is 0.322 e. The molecule has 0 unspecified atom stereocenters. The molecule has 1 saturated heterocycles. The molecule has 0 aromatic heterocycles. The molecule has 3 nitrogen and oxygen atoms in total. The molecule has 33 heavy (non-hydrogen) atoms. The van der Waals surface area contributed by atoms with E-state index in [0.29, 0.717) is 6.04 Å². The first-order valence-electron chi connectivity index (χ1n) is 11.9. The second kappa shape index (κ2) is 8.68. The molecule has 2 aliphatic rings. The Kier molecular flexibility index (Phi) is 5.25. The SMILES string of the molecule is c1ccc(C(c2ccccc2)[NH+]2CCN(N=C3c4ccccc4-c4ccccc43)CC2)cc1. The molecule has 3 heteroatoms. The monoisotopic (exact) mass is 430 g/mol. The van der Waals surface area contributed by atoms with Crippen LogP contribution in [-0.2, 0) is 0 Å². The Balaban J connectivity index is 1.26. The smallest absolute Gasteiger partial charge is 0.139 e. The van der Waals surface area contributed by atoms with Gasteiger partial charge in [0.15, 0.2) is 0 Å². The highest BCUT2D eigenvalue weighted by atomic mass is 15.5. The average molecular weight is 431 g/mol. The van der Waals surface area contributed by atoms with Gasteiger partial charge in [0.25, 0.3) is 0 Å². The van der Waals surface area contributed by atoms with Crippen LogP contribution in [0.25, 0.3) is 11.1 Å². The minimum atomic E-state index is 0.357. The minimum absolute atomic E-state index is 0.357. The first kappa shape index (κ1) is 20.0. The lowest BCUT2D eigenvalue weighted by molar-refractivity contribution is -0.929. The van der Waals surface area contributed by atoms with Crippen molar-refractivity contribution in [2.75, 3.05) is 26.2 Å². The Morgan fingerprint density at radius 3 is 1.45 bits per heavy atom. The third-order valence-corrected chi connectivity index (χ3v) is 6.95. The van der Waals surface area contributed by atoms with Gasteiger partial charge in [-0.05, 0) is 11.1 Å². The number of nitrogens with one attached hydrogen (secondary N) is 1. The van der Waals surface area contributed by atoms with Crippen LogP contribution in [0.5, 0.6) is 0 Å². The van der Waals surface area contributed by atoms with Crippen LogP contribution in [-0.4, -0.2) is 36.9 Å². The first-order chi connectivity index (χ1) is 16.4. The molecular weight excluding hydrogens is 402 g/mol. The number of hydrogen-bond acceptors (Lipinski definition) is 2. The van der Waals surface area contributed by atoms with Crippen LogP contribution in [0.2, 0.25) is 0 Å². The lowest BCUT2D eigenvalue weighted by atomic mass is 9.96. The van der Waals surface area contributed by atoms with Crippen LogP contribution in [0.3, 0.4) is 0 Å². The van der Waals surface area contributed by atoms with Gasteiger partial charge < -0.3 is 4.90 Å². The standard InChI is InChI=1S/C30H27N3/c1-3-11-23(12-4-1)30(24-13-5-2-6-14-24)32-19-21-33(22-20-32)31-29-27-17-9-7-15-25(27)26-16-8-10-18-28(26)29/h1-18,30H,19-22H2/p+1. The van der Waals surface area contributed by atoms with Gasteiger partial charge in [0.1, 0.15) is 6.04 Å². The minimum Gasteiger partial charge on any atom is -0.322 e. The summed E-state index contributed by atoms with van der Waals surface area (Å²) in [5, 5.41) is 7.48. The van der Waals surface area contributed by atoms with E-state index in [-0.39, 0.29) is 0 Å². The normalized spacial score (nSPS) is 15.4. The Morgan fingerprint density at radius 2 is 0.970 bits per heavy atom. The quantitative estimate of drug-likeness (QED) is 0.448. The number of hydrazone groups is 1. The van der Waals surface area contributed by atoms with E-state index >= 15 is 0 Å². The van der Waals surface area contributed by atoms with Gasteiger partial charge in [-0.3, -0.25) is 5.01 Å². The topological polar surface area (TPSA) is 20.0 Å². The van der Waals surface area contributed by atoms with Crippen molar-refractivity contribution in [2.45, 2.75) is 6.04 Å². The zero-order valence-electron chi connectivity index (χ0n) is 18.7. The molecule has 0 spiro atoms. The van der Waals surface area contributed by atoms with Crippen molar-refractivity contribution in [1.82, 2.24) is 5.01 Å². The first-order valence-corrected chi connectivity index (χ1v) is 11.9. The highest BCUT2D eigenvalue weighted by Gasteiger charge is 2.31. The molecule has 0 atom stereocenters. The highest BCUT2D eigenvalue weighted by molar-refractivity contribution is 6.24. The van der Waals surface area contributed by atoms with Gasteiger partial charge >= 0.3 is 0 Å². The van der Waals surface area contributed by atoms with Gasteiger partial charge in [-0.25, -0.2) is 0 Å². The fraction of sp³-hybridized carbons (Fsp3) is 0.167. The van der Waals surface area contributed by atoms with E-state index in [9.17, 15) is 0 Å². The maximum atomic E-state index is 5.19. The fourth-order valence-electron chi connectivity index (χ4n) is 5.37. The van der Waals surface area contributed by atoms with Gasteiger partial charge in [0, 0.05) is 22.3 Å². The molecular formula is C30H28N3+. The Morgan fingerprint density at radius 1 is 0.545 bits per heavy atom. The Bertz CT molecular complexity index is 1190. The zero-order valence-corrected chi connectivity index (χ0v) is 18.7. The van der Waals surface area contributed by atoms with Crippen LogP contribution >= 0.6 is 0 Å². The summed E-state index contributed by atoms with van der Waals surface area (Å²) < 4.78 is 0. The number of rotatable bonds is 4. The molecule has 0 radical (unpaired) electrons. The zero-order chi connectivity index (χ0) is 22.0.